The van der Waals surface area contributed by atoms with E-state index in [0.29, 0.717) is 16.9 Å². The van der Waals surface area contributed by atoms with Gasteiger partial charge in [0.1, 0.15) is 12.4 Å². The maximum atomic E-state index is 12.2. The molecule has 2 aromatic rings. The van der Waals surface area contributed by atoms with Crippen molar-refractivity contribution in [3.05, 3.63) is 59.3 Å². The first-order chi connectivity index (χ1) is 10.6. The van der Waals surface area contributed by atoms with Crippen LogP contribution in [0, 0.1) is 6.92 Å². The fourth-order valence-electron chi connectivity index (χ4n) is 2.32. The molecule has 1 aromatic carbocycles. The van der Waals surface area contributed by atoms with Crippen molar-refractivity contribution in [1.29, 1.82) is 0 Å². The molecule has 6 nitrogen and oxygen atoms in total. The van der Waals surface area contributed by atoms with Gasteiger partial charge in [0.2, 0.25) is 5.91 Å². The minimum atomic E-state index is -0.465. The van der Waals surface area contributed by atoms with Gasteiger partial charge >= 0.3 is 0 Å². The predicted octanol–water partition coefficient (Wildman–Crippen LogP) is 1.62. The third kappa shape index (κ3) is 2.46. The Morgan fingerprint density at radius 3 is 2.27 bits per heavy atom. The van der Waals surface area contributed by atoms with Crippen molar-refractivity contribution in [1.82, 2.24) is 9.88 Å². The number of rotatable bonds is 3. The van der Waals surface area contributed by atoms with Crippen LogP contribution < -0.4 is 5.32 Å². The van der Waals surface area contributed by atoms with Crippen molar-refractivity contribution < 1.29 is 14.4 Å². The predicted molar refractivity (Wildman–Crippen MR) is 79.4 cm³/mol. The van der Waals surface area contributed by atoms with Crippen molar-refractivity contribution in [3.63, 3.8) is 0 Å². The smallest absolute Gasteiger partial charge is 0.262 e. The van der Waals surface area contributed by atoms with Gasteiger partial charge in [-0.3, -0.25) is 19.3 Å². The Morgan fingerprint density at radius 1 is 1.05 bits per heavy atom. The number of imide groups is 1. The molecule has 1 aromatic heterocycles. The van der Waals surface area contributed by atoms with Crippen LogP contribution in [-0.4, -0.2) is 34.2 Å². The highest BCUT2D eigenvalue weighted by Gasteiger charge is 2.36. The lowest BCUT2D eigenvalue weighted by molar-refractivity contribution is -0.116. The number of nitrogens with zero attached hydrogens (tertiary/aromatic N) is 2. The van der Waals surface area contributed by atoms with Crippen LogP contribution in [-0.2, 0) is 4.79 Å². The summed E-state index contributed by atoms with van der Waals surface area (Å²) in [6.07, 6.45) is 0. The fourth-order valence-corrected chi connectivity index (χ4v) is 2.32. The molecule has 22 heavy (non-hydrogen) atoms. The molecule has 110 valence electrons. The number of hydrogen-bond donors (Lipinski definition) is 1. The van der Waals surface area contributed by atoms with E-state index in [9.17, 15) is 14.4 Å². The van der Waals surface area contributed by atoms with E-state index in [1.54, 1.807) is 49.4 Å². The Balaban J connectivity index is 1.73. The molecule has 0 aliphatic carbocycles. The summed E-state index contributed by atoms with van der Waals surface area (Å²) in [5.41, 5.74) is 1.42. The Labute approximate surface area is 126 Å². The number of pyridine rings is 1. The largest absolute Gasteiger partial charge is 0.309 e. The van der Waals surface area contributed by atoms with Crippen LogP contribution in [0.2, 0.25) is 0 Å². The number of hydrogen-bond acceptors (Lipinski definition) is 4. The summed E-state index contributed by atoms with van der Waals surface area (Å²) in [5.74, 6) is -0.977. The number of amides is 3. The molecule has 0 saturated carbocycles. The third-order valence-electron chi connectivity index (χ3n) is 3.34. The molecule has 0 fully saturated rings. The number of nitrogens with one attached hydrogen (secondary N) is 1. The molecular formula is C16H13N3O3. The minimum Gasteiger partial charge on any atom is -0.309 e. The van der Waals surface area contributed by atoms with Crippen molar-refractivity contribution in [2.75, 3.05) is 11.9 Å². The van der Waals surface area contributed by atoms with Gasteiger partial charge in [-0.15, -0.1) is 0 Å². The molecule has 3 amide bonds. The summed E-state index contributed by atoms with van der Waals surface area (Å²) in [7, 11) is 0. The molecule has 0 spiro atoms. The molecule has 0 radical (unpaired) electrons. The normalized spacial score (nSPS) is 13.2. The number of carbonyl (C=O) groups excluding carboxylic acids is 3. The summed E-state index contributed by atoms with van der Waals surface area (Å²) in [6, 6.07) is 11.7. The van der Waals surface area contributed by atoms with Crippen LogP contribution in [0.5, 0.6) is 0 Å². The van der Waals surface area contributed by atoms with Crippen LogP contribution in [0.4, 0.5) is 5.82 Å². The molecule has 0 bridgehead atoms. The second kappa shape index (κ2) is 5.40. The summed E-state index contributed by atoms with van der Waals surface area (Å²) in [6.45, 7) is 1.47. The molecule has 0 unspecified atom stereocenters. The average molecular weight is 295 g/mol. The number of carbonyl (C=O) groups is 3. The number of aromatic nitrogens is 1. The monoisotopic (exact) mass is 295 g/mol. The highest BCUT2D eigenvalue weighted by Crippen LogP contribution is 2.22. The van der Waals surface area contributed by atoms with E-state index in [2.05, 4.69) is 10.3 Å². The summed E-state index contributed by atoms with van der Waals surface area (Å²) >= 11 is 0. The second-order valence-corrected chi connectivity index (χ2v) is 4.95. The summed E-state index contributed by atoms with van der Waals surface area (Å²) in [5, 5.41) is 2.58. The third-order valence-corrected chi connectivity index (χ3v) is 3.34. The average Bonchev–Trinajstić information content (AvgIpc) is 2.73. The molecule has 1 aliphatic heterocycles. The van der Waals surface area contributed by atoms with Crippen LogP contribution in [0.15, 0.2) is 42.5 Å². The van der Waals surface area contributed by atoms with E-state index in [0.717, 1.165) is 10.6 Å². The molecule has 3 rings (SSSR count). The topological polar surface area (TPSA) is 79.4 Å². The number of aryl methyl sites for hydroxylation is 1. The Bertz CT molecular complexity index is 751. The number of benzene rings is 1. The Morgan fingerprint density at radius 2 is 1.68 bits per heavy atom. The van der Waals surface area contributed by atoms with E-state index >= 15 is 0 Å². The highest BCUT2D eigenvalue weighted by molar-refractivity contribution is 6.22. The van der Waals surface area contributed by atoms with Gasteiger partial charge in [0.15, 0.2) is 0 Å². The van der Waals surface area contributed by atoms with Gasteiger partial charge in [0.05, 0.1) is 11.1 Å². The Hall–Kier alpha value is -3.02. The minimum absolute atomic E-state index is 0.328. The summed E-state index contributed by atoms with van der Waals surface area (Å²) < 4.78 is 0. The number of fused-ring (bicyclic) bond motifs is 1. The SMILES string of the molecule is Cc1cccc(NC(=O)CN2C(=O)c3ccccc3C2=O)n1. The highest BCUT2D eigenvalue weighted by atomic mass is 16.2. The standard InChI is InChI=1S/C16H13N3O3/c1-10-5-4-8-13(17-10)18-14(20)9-19-15(21)11-6-2-3-7-12(11)16(19)22/h2-8H,9H2,1H3,(H,17,18,20). The Kier molecular flexibility index (Phi) is 3.42. The van der Waals surface area contributed by atoms with E-state index < -0.39 is 17.7 Å². The van der Waals surface area contributed by atoms with Gasteiger partial charge in [-0.1, -0.05) is 18.2 Å². The molecule has 1 aliphatic rings. The van der Waals surface area contributed by atoms with Crippen LogP contribution in [0.25, 0.3) is 0 Å². The fraction of sp³-hybridized carbons (Fsp3) is 0.125. The first-order valence-electron chi connectivity index (χ1n) is 6.75. The molecule has 2 heterocycles. The van der Waals surface area contributed by atoms with Gasteiger partial charge in [0, 0.05) is 5.69 Å². The molecule has 0 saturated heterocycles. The quantitative estimate of drug-likeness (QED) is 0.873. The van der Waals surface area contributed by atoms with Crippen molar-refractivity contribution in [3.8, 4) is 0 Å². The summed E-state index contributed by atoms with van der Waals surface area (Å²) in [4.78, 5) is 41.4. The van der Waals surface area contributed by atoms with E-state index in [1.807, 2.05) is 0 Å². The van der Waals surface area contributed by atoms with Crippen LogP contribution in [0.1, 0.15) is 26.4 Å². The molecule has 1 N–H and O–H groups in total. The second-order valence-electron chi connectivity index (χ2n) is 4.95. The van der Waals surface area contributed by atoms with E-state index in [-0.39, 0.29) is 6.54 Å². The molecular weight excluding hydrogens is 282 g/mol. The van der Waals surface area contributed by atoms with Gasteiger partial charge in [0.25, 0.3) is 11.8 Å². The van der Waals surface area contributed by atoms with Crippen molar-refractivity contribution >= 4 is 23.5 Å². The first-order valence-corrected chi connectivity index (χ1v) is 6.75. The van der Waals surface area contributed by atoms with E-state index in [1.165, 1.54) is 0 Å². The van der Waals surface area contributed by atoms with E-state index in [4.69, 9.17) is 0 Å². The zero-order valence-corrected chi connectivity index (χ0v) is 11.9. The first kappa shape index (κ1) is 13.9. The van der Waals surface area contributed by atoms with Gasteiger partial charge in [-0.25, -0.2) is 4.98 Å². The maximum Gasteiger partial charge on any atom is 0.262 e. The van der Waals surface area contributed by atoms with Gasteiger partial charge in [-0.2, -0.15) is 0 Å². The number of anilines is 1. The maximum absolute atomic E-state index is 12.2. The van der Waals surface area contributed by atoms with Crippen molar-refractivity contribution in [2.24, 2.45) is 0 Å². The van der Waals surface area contributed by atoms with Gasteiger partial charge in [-0.05, 0) is 31.2 Å². The zero-order chi connectivity index (χ0) is 15.7. The van der Waals surface area contributed by atoms with Crippen LogP contribution >= 0.6 is 0 Å². The molecule has 6 heteroatoms. The van der Waals surface area contributed by atoms with Crippen LogP contribution in [0.3, 0.4) is 0 Å². The lowest BCUT2D eigenvalue weighted by Crippen LogP contribution is -2.37. The molecule has 0 atom stereocenters. The lowest BCUT2D eigenvalue weighted by Gasteiger charge is -2.13. The zero-order valence-electron chi connectivity index (χ0n) is 11.9. The lowest BCUT2D eigenvalue weighted by atomic mass is 10.1. The van der Waals surface area contributed by atoms with Crippen molar-refractivity contribution in [2.45, 2.75) is 6.92 Å². The van der Waals surface area contributed by atoms with Gasteiger partial charge < -0.3 is 5.32 Å².